The zero-order valence-electron chi connectivity index (χ0n) is 13.0. The molecule has 1 N–H and O–H groups in total. The molecule has 0 spiro atoms. The summed E-state index contributed by atoms with van der Waals surface area (Å²) in [4.78, 5) is 22.5. The second kappa shape index (κ2) is 7.70. The second-order valence-corrected chi connectivity index (χ2v) is 4.73. The number of esters is 1. The number of hydrogen-bond donors (Lipinski definition) is 1. The predicted molar refractivity (Wildman–Crippen MR) is 82.3 cm³/mol. The Hall–Kier alpha value is -2.21. The number of carbonyl (C=O) groups is 1. The van der Waals surface area contributed by atoms with Crippen molar-refractivity contribution < 1.29 is 19.6 Å². The molecule has 0 aliphatic carbocycles. The number of benzene rings is 1. The minimum absolute atomic E-state index is 0.104. The van der Waals surface area contributed by atoms with Gasteiger partial charge in [0.05, 0.1) is 11.5 Å². The van der Waals surface area contributed by atoms with E-state index >= 15 is 0 Å². The molecule has 0 heterocycles. The first-order chi connectivity index (χ1) is 10.4. The number of ether oxygens (including phenoxy) is 1. The Morgan fingerprint density at radius 3 is 2.32 bits per heavy atom. The minimum Gasteiger partial charge on any atom is -0.463 e. The molecule has 0 saturated carbocycles. The Morgan fingerprint density at radius 1 is 1.32 bits per heavy atom. The molecule has 0 fully saturated rings. The molecule has 0 radical (unpaired) electrons. The van der Waals surface area contributed by atoms with E-state index in [1.165, 1.54) is 24.3 Å². The highest BCUT2D eigenvalue weighted by Crippen LogP contribution is 2.34. The molecule has 0 amide bonds. The van der Waals surface area contributed by atoms with Gasteiger partial charge in [0, 0.05) is 12.1 Å². The highest BCUT2D eigenvalue weighted by molar-refractivity contribution is 5.85. The maximum Gasteiger partial charge on any atom is 0.347 e. The third-order valence-electron chi connectivity index (χ3n) is 3.36. The molecular weight excluding hydrogens is 286 g/mol. The van der Waals surface area contributed by atoms with Crippen LogP contribution in [0.4, 0.5) is 5.69 Å². The molecule has 0 bridgehead atoms. The van der Waals surface area contributed by atoms with E-state index in [-0.39, 0.29) is 17.9 Å². The summed E-state index contributed by atoms with van der Waals surface area (Å²) >= 11 is 0. The van der Waals surface area contributed by atoms with Crippen molar-refractivity contribution in [1.82, 2.24) is 0 Å². The molecule has 0 aromatic heterocycles. The fraction of sp³-hybridized carbons (Fsp3) is 0.438. The van der Waals surface area contributed by atoms with Gasteiger partial charge in [0.1, 0.15) is 0 Å². The maximum atomic E-state index is 12.3. The summed E-state index contributed by atoms with van der Waals surface area (Å²) < 4.78 is 5.00. The van der Waals surface area contributed by atoms with Gasteiger partial charge in [-0.25, -0.2) is 4.79 Å². The number of nitro benzene ring substituents is 1. The number of allylic oxidation sites excluding steroid dienone is 1. The summed E-state index contributed by atoms with van der Waals surface area (Å²) in [5.41, 5.74) is -1.25. The first-order valence-electron chi connectivity index (χ1n) is 7.25. The first kappa shape index (κ1) is 17.8. The van der Waals surface area contributed by atoms with Crippen LogP contribution in [-0.4, -0.2) is 22.6 Å². The van der Waals surface area contributed by atoms with Gasteiger partial charge < -0.3 is 9.84 Å². The zero-order chi connectivity index (χ0) is 16.8. The van der Waals surface area contributed by atoms with Crippen LogP contribution in [0, 0.1) is 10.1 Å². The van der Waals surface area contributed by atoms with Gasteiger partial charge in [-0.1, -0.05) is 19.9 Å². The number of nitrogens with zero attached hydrogens (tertiary/aromatic N) is 1. The lowest BCUT2D eigenvalue weighted by molar-refractivity contribution is -0.384. The first-order valence-corrected chi connectivity index (χ1v) is 7.25. The number of hydrogen-bond acceptors (Lipinski definition) is 5. The standard InChI is InChI=1S/C16H21NO5/c1-4-7-12(5-2)16(19,15(18)22-6-3)13-8-10-14(11-9-13)17(20)21/h7-11,19H,4-6H2,1-3H3/b12-7+. The van der Waals surface area contributed by atoms with Crippen LogP contribution in [0.3, 0.4) is 0 Å². The molecule has 1 unspecified atom stereocenters. The van der Waals surface area contributed by atoms with Crippen molar-refractivity contribution in [3.63, 3.8) is 0 Å². The van der Waals surface area contributed by atoms with Crippen LogP contribution in [0.15, 0.2) is 35.9 Å². The lowest BCUT2D eigenvalue weighted by atomic mass is 9.84. The summed E-state index contributed by atoms with van der Waals surface area (Å²) in [6.07, 6.45) is 2.89. The van der Waals surface area contributed by atoms with Crippen LogP contribution in [0.25, 0.3) is 0 Å². The van der Waals surface area contributed by atoms with Gasteiger partial charge in [-0.05, 0) is 43.0 Å². The van der Waals surface area contributed by atoms with E-state index in [2.05, 4.69) is 0 Å². The van der Waals surface area contributed by atoms with Crippen molar-refractivity contribution in [1.29, 1.82) is 0 Å². The molecule has 1 aromatic rings. The summed E-state index contributed by atoms with van der Waals surface area (Å²) in [5.74, 6) is -0.773. The average molecular weight is 307 g/mol. The van der Waals surface area contributed by atoms with Crippen LogP contribution < -0.4 is 0 Å². The minimum atomic E-state index is -1.92. The average Bonchev–Trinajstić information content (AvgIpc) is 2.52. The van der Waals surface area contributed by atoms with Crippen LogP contribution in [0.1, 0.15) is 39.2 Å². The van der Waals surface area contributed by atoms with Crippen LogP contribution in [0.5, 0.6) is 0 Å². The van der Waals surface area contributed by atoms with Crippen molar-refractivity contribution in [3.8, 4) is 0 Å². The van der Waals surface area contributed by atoms with E-state index in [1.807, 2.05) is 13.8 Å². The molecular formula is C16H21NO5. The van der Waals surface area contributed by atoms with Gasteiger partial charge in [0.15, 0.2) is 0 Å². The number of non-ortho nitro benzene ring substituents is 1. The molecule has 6 nitrogen and oxygen atoms in total. The lowest BCUT2D eigenvalue weighted by Gasteiger charge is -2.28. The van der Waals surface area contributed by atoms with E-state index in [0.717, 1.165) is 0 Å². The summed E-state index contributed by atoms with van der Waals surface area (Å²) in [6, 6.07) is 5.29. The topological polar surface area (TPSA) is 89.7 Å². The Bertz CT molecular complexity index is 564. The smallest absolute Gasteiger partial charge is 0.347 e. The fourth-order valence-electron chi connectivity index (χ4n) is 2.29. The van der Waals surface area contributed by atoms with Crippen molar-refractivity contribution in [3.05, 3.63) is 51.6 Å². The van der Waals surface area contributed by atoms with E-state index < -0.39 is 16.5 Å². The van der Waals surface area contributed by atoms with Gasteiger partial charge in [0.25, 0.3) is 5.69 Å². The zero-order valence-corrected chi connectivity index (χ0v) is 13.0. The van der Waals surface area contributed by atoms with Crippen molar-refractivity contribution >= 4 is 11.7 Å². The molecule has 1 rings (SSSR count). The van der Waals surface area contributed by atoms with Gasteiger partial charge in [-0.15, -0.1) is 0 Å². The Kier molecular flexibility index (Phi) is 6.24. The summed E-state index contributed by atoms with van der Waals surface area (Å²) in [6.45, 7) is 5.52. The summed E-state index contributed by atoms with van der Waals surface area (Å²) in [7, 11) is 0. The highest BCUT2D eigenvalue weighted by Gasteiger charge is 2.42. The Morgan fingerprint density at radius 2 is 1.91 bits per heavy atom. The Labute approximate surface area is 129 Å². The van der Waals surface area contributed by atoms with Crippen LogP contribution in [0.2, 0.25) is 0 Å². The fourth-order valence-corrected chi connectivity index (χ4v) is 2.29. The van der Waals surface area contributed by atoms with E-state index in [9.17, 15) is 20.0 Å². The SMILES string of the molecule is CC/C=C(\CC)C(O)(C(=O)OCC)c1ccc([N+](=O)[O-])cc1. The number of rotatable bonds is 7. The molecule has 0 saturated heterocycles. The van der Waals surface area contributed by atoms with Gasteiger partial charge >= 0.3 is 5.97 Å². The molecule has 1 atom stereocenters. The van der Waals surface area contributed by atoms with Gasteiger partial charge in [0.2, 0.25) is 5.60 Å². The highest BCUT2D eigenvalue weighted by atomic mass is 16.6. The van der Waals surface area contributed by atoms with Crippen LogP contribution >= 0.6 is 0 Å². The summed E-state index contributed by atoms with van der Waals surface area (Å²) in [5, 5.41) is 21.7. The number of aliphatic hydroxyl groups is 1. The maximum absolute atomic E-state index is 12.3. The largest absolute Gasteiger partial charge is 0.463 e. The molecule has 0 aliphatic heterocycles. The number of nitro groups is 1. The van der Waals surface area contributed by atoms with Crippen molar-refractivity contribution in [2.24, 2.45) is 0 Å². The normalized spacial score (nSPS) is 14.3. The second-order valence-electron chi connectivity index (χ2n) is 4.73. The van der Waals surface area contributed by atoms with E-state index in [0.29, 0.717) is 18.4 Å². The third kappa shape index (κ3) is 3.51. The van der Waals surface area contributed by atoms with Crippen molar-refractivity contribution in [2.45, 2.75) is 39.2 Å². The number of carbonyl (C=O) groups excluding carboxylic acids is 1. The van der Waals surface area contributed by atoms with Gasteiger partial charge in [-0.2, -0.15) is 0 Å². The van der Waals surface area contributed by atoms with Gasteiger partial charge in [-0.3, -0.25) is 10.1 Å². The van der Waals surface area contributed by atoms with E-state index in [4.69, 9.17) is 4.74 Å². The monoisotopic (exact) mass is 307 g/mol. The molecule has 22 heavy (non-hydrogen) atoms. The van der Waals surface area contributed by atoms with Crippen molar-refractivity contribution in [2.75, 3.05) is 6.61 Å². The molecule has 1 aromatic carbocycles. The third-order valence-corrected chi connectivity index (χ3v) is 3.36. The predicted octanol–water partition coefficient (Wildman–Crippen LogP) is 3.09. The lowest BCUT2D eigenvalue weighted by Crippen LogP contribution is -2.39. The van der Waals surface area contributed by atoms with Crippen LogP contribution in [-0.2, 0) is 15.1 Å². The molecule has 120 valence electrons. The quantitative estimate of drug-likeness (QED) is 0.362. The molecule has 6 heteroatoms. The molecule has 0 aliphatic rings. The van der Waals surface area contributed by atoms with E-state index in [1.54, 1.807) is 13.0 Å². The Balaban J connectivity index is 3.39.